The number of anilines is 1. The maximum absolute atomic E-state index is 13.8. The van der Waals surface area contributed by atoms with Crippen molar-refractivity contribution >= 4 is 23.3 Å². The van der Waals surface area contributed by atoms with Crippen molar-refractivity contribution < 1.29 is 13.9 Å². The number of nitrogens with one attached hydrogen (secondary N) is 1. The number of ether oxygens (including phenoxy) is 1. The largest absolute Gasteiger partial charge is 0.372 e. The van der Waals surface area contributed by atoms with Crippen molar-refractivity contribution in [1.29, 1.82) is 0 Å². The lowest BCUT2D eigenvalue weighted by Crippen LogP contribution is -2.45. The van der Waals surface area contributed by atoms with E-state index in [1.165, 1.54) is 12.1 Å². The third kappa shape index (κ3) is 5.17. The molecule has 144 valence electrons. The zero-order valence-electron chi connectivity index (χ0n) is 15.4. The van der Waals surface area contributed by atoms with E-state index < -0.39 is 5.82 Å². The first-order chi connectivity index (χ1) is 12.9. The van der Waals surface area contributed by atoms with Gasteiger partial charge in [0, 0.05) is 36.4 Å². The van der Waals surface area contributed by atoms with Gasteiger partial charge in [0.05, 0.1) is 18.6 Å². The minimum Gasteiger partial charge on any atom is -0.372 e. The standard InChI is InChI=1S/C20H23ClFN3O2/c1-13-11-25(12-14(2)27-13)19-7-6-15(9-23-19)10-24-20(26)8-16-17(21)4-3-5-18(16)22/h3-7,9,13-14H,8,10-12H2,1-2H3,(H,24,26)/t13-,14-/m1/s1. The SMILES string of the molecule is C[C@@H]1CN(c2ccc(CNC(=O)Cc3c(F)cccc3Cl)cn2)C[C@@H](C)O1. The van der Waals surface area contributed by atoms with E-state index in [0.29, 0.717) is 6.54 Å². The highest BCUT2D eigenvalue weighted by Crippen LogP contribution is 2.20. The Balaban J connectivity index is 1.55. The first kappa shape index (κ1) is 19.6. The van der Waals surface area contributed by atoms with Gasteiger partial charge in [-0.25, -0.2) is 9.37 Å². The van der Waals surface area contributed by atoms with Crippen LogP contribution < -0.4 is 10.2 Å². The van der Waals surface area contributed by atoms with E-state index in [1.54, 1.807) is 12.3 Å². The Kier molecular flexibility index (Phi) is 6.29. The summed E-state index contributed by atoms with van der Waals surface area (Å²) in [5.74, 6) is 0.129. The monoisotopic (exact) mass is 391 g/mol. The topological polar surface area (TPSA) is 54.5 Å². The van der Waals surface area contributed by atoms with Crippen LogP contribution in [0.25, 0.3) is 0 Å². The van der Waals surface area contributed by atoms with E-state index in [2.05, 4.69) is 15.2 Å². The normalized spacial score (nSPS) is 19.8. The number of aromatic nitrogens is 1. The first-order valence-corrected chi connectivity index (χ1v) is 9.35. The van der Waals surface area contributed by atoms with E-state index in [1.807, 2.05) is 26.0 Å². The summed E-state index contributed by atoms with van der Waals surface area (Å²) in [7, 11) is 0. The Morgan fingerprint density at radius 3 is 2.67 bits per heavy atom. The van der Waals surface area contributed by atoms with Crippen LogP contribution in [0.1, 0.15) is 25.0 Å². The van der Waals surface area contributed by atoms with Crippen LogP contribution in [0.15, 0.2) is 36.5 Å². The number of carbonyl (C=O) groups excluding carboxylic acids is 1. The number of nitrogens with zero attached hydrogens (tertiary/aromatic N) is 2. The molecule has 1 aliphatic rings. The van der Waals surface area contributed by atoms with Gasteiger partial charge in [0.25, 0.3) is 0 Å². The van der Waals surface area contributed by atoms with E-state index in [-0.39, 0.29) is 35.1 Å². The van der Waals surface area contributed by atoms with Crippen molar-refractivity contribution in [2.75, 3.05) is 18.0 Å². The molecule has 2 atom stereocenters. The summed E-state index contributed by atoms with van der Waals surface area (Å²) >= 11 is 5.96. The molecule has 27 heavy (non-hydrogen) atoms. The fourth-order valence-corrected chi connectivity index (χ4v) is 3.43. The van der Waals surface area contributed by atoms with E-state index in [4.69, 9.17) is 16.3 Å². The fraction of sp³-hybridized carbons (Fsp3) is 0.400. The predicted molar refractivity (Wildman–Crippen MR) is 103 cm³/mol. The highest BCUT2D eigenvalue weighted by atomic mass is 35.5. The van der Waals surface area contributed by atoms with Gasteiger partial charge < -0.3 is 15.0 Å². The van der Waals surface area contributed by atoms with Crippen LogP contribution in [0.3, 0.4) is 0 Å². The Bertz CT molecular complexity index is 770. The maximum atomic E-state index is 13.8. The molecule has 0 spiro atoms. The molecule has 0 aliphatic carbocycles. The Morgan fingerprint density at radius 1 is 1.30 bits per heavy atom. The van der Waals surface area contributed by atoms with Crippen molar-refractivity contribution in [3.05, 3.63) is 58.5 Å². The molecule has 1 aromatic heterocycles. The molecule has 2 heterocycles. The zero-order chi connectivity index (χ0) is 19.4. The molecule has 2 aromatic rings. The summed E-state index contributed by atoms with van der Waals surface area (Å²) in [6.07, 6.45) is 1.98. The molecular weight excluding hydrogens is 369 g/mol. The van der Waals surface area contributed by atoms with Crippen molar-refractivity contribution in [2.24, 2.45) is 0 Å². The second-order valence-electron chi connectivity index (χ2n) is 6.84. The number of hydrogen-bond donors (Lipinski definition) is 1. The number of halogens is 2. The molecule has 5 nitrogen and oxygen atoms in total. The number of benzene rings is 1. The molecule has 0 radical (unpaired) electrons. The third-order valence-corrected chi connectivity index (χ3v) is 4.80. The van der Waals surface area contributed by atoms with E-state index >= 15 is 0 Å². The molecule has 0 unspecified atom stereocenters. The molecule has 1 aromatic carbocycles. The summed E-state index contributed by atoms with van der Waals surface area (Å²) in [5.41, 5.74) is 1.08. The fourth-order valence-electron chi connectivity index (χ4n) is 3.20. The highest BCUT2D eigenvalue weighted by Gasteiger charge is 2.23. The van der Waals surface area contributed by atoms with E-state index in [0.717, 1.165) is 24.5 Å². The van der Waals surface area contributed by atoms with Gasteiger partial charge in [0.2, 0.25) is 5.91 Å². The van der Waals surface area contributed by atoms with Crippen LogP contribution in [0.2, 0.25) is 5.02 Å². The van der Waals surface area contributed by atoms with Gasteiger partial charge in [0.1, 0.15) is 11.6 Å². The van der Waals surface area contributed by atoms with Crippen molar-refractivity contribution in [3.63, 3.8) is 0 Å². The van der Waals surface area contributed by atoms with Gasteiger partial charge in [-0.15, -0.1) is 0 Å². The summed E-state index contributed by atoms with van der Waals surface area (Å²) < 4.78 is 19.5. The molecule has 0 saturated carbocycles. The zero-order valence-corrected chi connectivity index (χ0v) is 16.2. The Morgan fingerprint density at radius 2 is 2.04 bits per heavy atom. The lowest BCUT2D eigenvalue weighted by Gasteiger charge is -2.36. The van der Waals surface area contributed by atoms with Gasteiger partial charge in [0.15, 0.2) is 0 Å². The summed E-state index contributed by atoms with van der Waals surface area (Å²) in [4.78, 5) is 18.8. The minimum atomic E-state index is -0.474. The smallest absolute Gasteiger partial charge is 0.224 e. The van der Waals surface area contributed by atoms with Gasteiger partial charge in [-0.2, -0.15) is 0 Å². The maximum Gasteiger partial charge on any atom is 0.224 e. The summed E-state index contributed by atoms with van der Waals surface area (Å²) in [6.45, 7) is 6.03. The number of morpholine rings is 1. The van der Waals surface area contributed by atoms with Crippen LogP contribution >= 0.6 is 11.6 Å². The molecule has 7 heteroatoms. The minimum absolute atomic E-state index is 0.0967. The molecule has 1 amide bonds. The number of pyridine rings is 1. The van der Waals surface area contributed by atoms with Crippen LogP contribution in [0, 0.1) is 5.82 Å². The highest BCUT2D eigenvalue weighted by molar-refractivity contribution is 6.31. The van der Waals surface area contributed by atoms with Gasteiger partial charge in [-0.05, 0) is 37.6 Å². The number of amides is 1. The van der Waals surface area contributed by atoms with Gasteiger partial charge in [-0.3, -0.25) is 4.79 Å². The van der Waals surface area contributed by atoms with Crippen LogP contribution in [-0.2, 0) is 22.5 Å². The lowest BCUT2D eigenvalue weighted by atomic mass is 10.1. The summed E-state index contributed by atoms with van der Waals surface area (Å²) in [6, 6.07) is 8.26. The Hall–Kier alpha value is -2.18. The third-order valence-electron chi connectivity index (χ3n) is 4.44. The van der Waals surface area contributed by atoms with Crippen molar-refractivity contribution in [1.82, 2.24) is 10.3 Å². The number of rotatable bonds is 5. The Labute approximate surface area is 163 Å². The van der Waals surface area contributed by atoms with Crippen LogP contribution in [0.4, 0.5) is 10.2 Å². The molecule has 3 rings (SSSR count). The van der Waals surface area contributed by atoms with Crippen molar-refractivity contribution in [3.8, 4) is 0 Å². The quantitative estimate of drug-likeness (QED) is 0.849. The molecule has 1 aliphatic heterocycles. The molecule has 1 saturated heterocycles. The molecular formula is C20H23ClFN3O2. The van der Waals surface area contributed by atoms with Crippen molar-refractivity contribution in [2.45, 2.75) is 39.0 Å². The molecule has 0 bridgehead atoms. The molecule has 1 N–H and O–H groups in total. The second-order valence-corrected chi connectivity index (χ2v) is 7.25. The van der Waals surface area contributed by atoms with Gasteiger partial charge in [-0.1, -0.05) is 23.7 Å². The van der Waals surface area contributed by atoms with Crippen LogP contribution in [0.5, 0.6) is 0 Å². The van der Waals surface area contributed by atoms with E-state index in [9.17, 15) is 9.18 Å². The average Bonchev–Trinajstić information content (AvgIpc) is 2.63. The van der Waals surface area contributed by atoms with Crippen LogP contribution in [-0.4, -0.2) is 36.2 Å². The van der Waals surface area contributed by atoms with Gasteiger partial charge >= 0.3 is 0 Å². The number of hydrogen-bond acceptors (Lipinski definition) is 4. The molecule has 1 fully saturated rings. The summed E-state index contributed by atoms with van der Waals surface area (Å²) in [5, 5.41) is 3.03. The second kappa shape index (κ2) is 8.67. The average molecular weight is 392 g/mol. The first-order valence-electron chi connectivity index (χ1n) is 8.97. The lowest BCUT2D eigenvalue weighted by molar-refractivity contribution is -0.120. The number of carbonyl (C=O) groups is 1. The predicted octanol–water partition coefficient (Wildman–Crippen LogP) is 3.35.